The van der Waals surface area contributed by atoms with Gasteiger partial charge >= 0.3 is 0 Å². The fourth-order valence-electron chi connectivity index (χ4n) is 1.76. The molecule has 1 N–H and O–H groups in total. The van der Waals surface area contributed by atoms with Gasteiger partial charge in [-0.05, 0) is 17.7 Å². The van der Waals surface area contributed by atoms with E-state index in [1.807, 2.05) is 0 Å². The molecule has 0 atom stereocenters. The number of hydrogen-bond donors (Lipinski definition) is 1. The van der Waals surface area contributed by atoms with Crippen LogP contribution in [0, 0.1) is 5.82 Å². The summed E-state index contributed by atoms with van der Waals surface area (Å²) in [4.78, 5) is 24.5. The Morgan fingerprint density at radius 3 is 2.89 bits per heavy atom. The monoisotopic (exact) mass is 314 g/mol. The van der Waals surface area contributed by atoms with Gasteiger partial charge < -0.3 is 10.2 Å². The van der Waals surface area contributed by atoms with Crippen LogP contribution in [0.1, 0.15) is 12.0 Å². The lowest BCUT2D eigenvalue weighted by molar-refractivity contribution is -0.130. The lowest BCUT2D eigenvalue weighted by atomic mass is 10.2. The second kappa shape index (κ2) is 5.48. The Kier molecular flexibility index (Phi) is 3.96. The summed E-state index contributed by atoms with van der Waals surface area (Å²) in [7, 11) is 0. The minimum absolute atomic E-state index is 0.0254. The maximum Gasteiger partial charge on any atom is 0.242 e. The highest BCUT2D eigenvalue weighted by atomic mass is 79.9. The molecule has 0 bridgehead atoms. The van der Waals surface area contributed by atoms with Crippen LogP contribution in [0.4, 0.5) is 4.39 Å². The summed E-state index contributed by atoms with van der Waals surface area (Å²) in [5.41, 5.74) is 0.819. The number of carbonyl (C=O) groups excluding carboxylic acids is 2. The minimum atomic E-state index is -0.329. The third kappa shape index (κ3) is 3.07. The largest absolute Gasteiger partial charge is 0.347 e. The zero-order valence-corrected chi connectivity index (χ0v) is 11.2. The minimum Gasteiger partial charge on any atom is -0.347 e. The molecule has 6 heteroatoms. The fraction of sp³-hybridized carbons (Fsp3) is 0.333. The first-order valence-electron chi connectivity index (χ1n) is 5.54. The van der Waals surface area contributed by atoms with E-state index < -0.39 is 0 Å². The lowest BCUT2D eigenvalue weighted by Gasteiger charge is -2.20. The highest BCUT2D eigenvalue weighted by Gasteiger charge is 2.20. The molecule has 18 heavy (non-hydrogen) atoms. The number of carbonyl (C=O) groups is 2. The van der Waals surface area contributed by atoms with Gasteiger partial charge in [0, 0.05) is 24.0 Å². The number of rotatable bonds is 2. The maximum atomic E-state index is 13.0. The lowest BCUT2D eigenvalue weighted by Crippen LogP contribution is -2.34. The average Bonchev–Trinajstić information content (AvgIpc) is 2.47. The average molecular weight is 315 g/mol. The molecule has 1 aliphatic rings. The molecule has 0 aliphatic carbocycles. The number of halogens is 2. The van der Waals surface area contributed by atoms with Crippen LogP contribution < -0.4 is 5.32 Å². The molecule has 1 aliphatic heterocycles. The van der Waals surface area contributed by atoms with Gasteiger partial charge in [-0.1, -0.05) is 22.0 Å². The van der Waals surface area contributed by atoms with Gasteiger partial charge in [0.15, 0.2) is 0 Å². The van der Waals surface area contributed by atoms with Crippen LogP contribution in [0.15, 0.2) is 22.7 Å². The van der Waals surface area contributed by atoms with Crippen molar-refractivity contribution in [2.45, 2.75) is 13.0 Å². The molecule has 1 saturated heterocycles. The van der Waals surface area contributed by atoms with E-state index in [0.717, 1.165) is 5.56 Å². The Bertz CT molecular complexity index is 493. The molecule has 4 nitrogen and oxygen atoms in total. The fourth-order valence-corrected chi connectivity index (χ4v) is 2.23. The van der Waals surface area contributed by atoms with E-state index in [9.17, 15) is 14.0 Å². The molecule has 1 fully saturated rings. The zero-order chi connectivity index (χ0) is 13.1. The van der Waals surface area contributed by atoms with Gasteiger partial charge in [0.2, 0.25) is 11.8 Å². The molecule has 2 amide bonds. The molecule has 0 unspecified atom stereocenters. The summed E-state index contributed by atoms with van der Waals surface area (Å²) in [6, 6.07) is 4.35. The topological polar surface area (TPSA) is 49.4 Å². The molecule has 0 radical (unpaired) electrons. The Morgan fingerprint density at radius 2 is 2.17 bits per heavy atom. The normalized spacial score (nSPS) is 16.4. The van der Waals surface area contributed by atoms with Crippen molar-refractivity contribution < 1.29 is 14.0 Å². The predicted octanol–water partition coefficient (Wildman–Crippen LogP) is 1.44. The van der Waals surface area contributed by atoms with Gasteiger partial charge in [-0.3, -0.25) is 9.59 Å². The van der Waals surface area contributed by atoms with Crippen molar-refractivity contribution in [3.05, 3.63) is 34.1 Å². The summed E-state index contributed by atoms with van der Waals surface area (Å²) < 4.78 is 13.6. The summed E-state index contributed by atoms with van der Waals surface area (Å²) >= 11 is 3.26. The van der Waals surface area contributed by atoms with Gasteiger partial charge in [-0.25, -0.2) is 4.39 Å². The number of hydrogen-bond acceptors (Lipinski definition) is 2. The Balaban J connectivity index is 2.12. The first-order chi connectivity index (χ1) is 8.56. The van der Waals surface area contributed by atoms with Crippen molar-refractivity contribution in [1.82, 2.24) is 10.2 Å². The van der Waals surface area contributed by atoms with Gasteiger partial charge in [0.1, 0.15) is 5.82 Å². The van der Waals surface area contributed by atoms with Gasteiger partial charge in [-0.2, -0.15) is 0 Å². The van der Waals surface area contributed by atoms with Crippen molar-refractivity contribution in [2.24, 2.45) is 0 Å². The van der Waals surface area contributed by atoms with Crippen LogP contribution in [-0.4, -0.2) is 29.8 Å². The second-order valence-corrected chi connectivity index (χ2v) is 4.93. The van der Waals surface area contributed by atoms with Crippen molar-refractivity contribution in [2.75, 3.05) is 13.1 Å². The first kappa shape index (κ1) is 13.0. The molecule has 2 rings (SSSR count). The molecular weight excluding hydrogens is 303 g/mol. The number of benzene rings is 1. The number of nitrogens with zero attached hydrogens (tertiary/aromatic N) is 1. The van der Waals surface area contributed by atoms with E-state index >= 15 is 0 Å². The van der Waals surface area contributed by atoms with Gasteiger partial charge in [0.05, 0.1) is 6.54 Å². The van der Waals surface area contributed by atoms with E-state index in [2.05, 4.69) is 21.2 Å². The van der Waals surface area contributed by atoms with Gasteiger partial charge in [0.25, 0.3) is 0 Å². The van der Waals surface area contributed by atoms with Crippen molar-refractivity contribution in [3.8, 4) is 0 Å². The molecular formula is C12H12BrFN2O2. The second-order valence-electron chi connectivity index (χ2n) is 4.08. The van der Waals surface area contributed by atoms with Crippen molar-refractivity contribution in [3.63, 3.8) is 0 Å². The van der Waals surface area contributed by atoms with Crippen LogP contribution in [-0.2, 0) is 16.1 Å². The predicted molar refractivity (Wildman–Crippen MR) is 67.1 cm³/mol. The molecule has 0 saturated carbocycles. The third-order valence-corrected chi connectivity index (χ3v) is 3.51. The summed E-state index contributed by atoms with van der Waals surface area (Å²) in [6.07, 6.45) is 0.296. The highest BCUT2D eigenvalue weighted by molar-refractivity contribution is 9.10. The zero-order valence-electron chi connectivity index (χ0n) is 9.58. The molecule has 1 aromatic carbocycles. The van der Waals surface area contributed by atoms with E-state index in [4.69, 9.17) is 0 Å². The Labute approximate surface area is 112 Å². The highest BCUT2D eigenvalue weighted by Crippen LogP contribution is 2.20. The van der Waals surface area contributed by atoms with E-state index in [1.54, 1.807) is 11.0 Å². The molecule has 0 spiro atoms. The molecule has 96 valence electrons. The van der Waals surface area contributed by atoms with Crippen LogP contribution in [0.5, 0.6) is 0 Å². The Hall–Kier alpha value is -1.43. The number of amides is 2. The van der Waals surface area contributed by atoms with Crippen LogP contribution in [0.3, 0.4) is 0 Å². The summed E-state index contributed by atoms with van der Waals surface area (Å²) in [6.45, 7) is 0.779. The van der Waals surface area contributed by atoms with Crippen molar-refractivity contribution >= 4 is 27.7 Å². The smallest absolute Gasteiger partial charge is 0.242 e. The standard InChI is InChI=1S/C12H12BrFN2O2/c13-10-5-9(14)2-1-8(10)7-16-4-3-11(17)15-6-12(16)18/h1-2,5H,3-4,6-7H2,(H,15,17). The van der Waals surface area contributed by atoms with Crippen LogP contribution in [0.2, 0.25) is 0 Å². The molecule has 0 aromatic heterocycles. The first-order valence-corrected chi connectivity index (χ1v) is 6.34. The summed E-state index contributed by atoms with van der Waals surface area (Å²) in [5.74, 6) is -0.578. The van der Waals surface area contributed by atoms with E-state index in [-0.39, 0.29) is 24.2 Å². The van der Waals surface area contributed by atoms with Crippen LogP contribution >= 0.6 is 15.9 Å². The number of nitrogens with one attached hydrogen (secondary N) is 1. The summed E-state index contributed by atoms with van der Waals surface area (Å²) in [5, 5.41) is 2.53. The van der Waals surface area contributed by atoms with Crippen LogP contribution in [0.25, 0.3) is 0 Å². The maximum absolute atomic E-state index is 13.0. The van der Waals surface area contributed by atoms with Crippen molar-refractivity contribution in [1.29, 1.82) is 0 Å². The van der Waals surface area contributed by atoms with Gasteiger partial charge in [-0.15, -0.1) is 0 Å². The third-order valence-electron chi connectivity index (χ3n) is 2.77. The SMILES string of the molecule is O=C1CCN(Cc2ccc(F)cc2Br)C(=O)CN1. The van der Waals surface area contributed by atoms with E-state index in [1.165, 1.54) is 12.1 Å². The molecule has 1 aromatic rings. The molecule has 1 heterocycles. The Morgan fingerprint density at radius 1 is 1.39 bits per heavy atom. The van der Waals surface area contributed by atoms with E-state index in [0.29, 0.717) is 24.0 Å². The quantitative estimate of drug-likeness (QED) is 0.898.